The number of benzene rings is 3. The summed E-state index contributed by atoms with van der Waals surface area (Å²) in [7, 11) is 0.768. The van der Waals surface area contributed by atoms with Crippen molar-refractivity contribution < 1.29 is 0 Å². The standard InChI is InChI=1S/C31H40P2/c1-29(2,3)23-20-26(30(4,5)6)28(27(21-23)31(7,8)9)32-22-33(24-16-12-10-13-17-24)25-18-14-11-15-19-25/h10-22H,1-9H3. The molecule has 0 N–H and O–H groups in total. The molecule has 0 aromatic heterocycles. The van der Waals surface area contributed by atoms with Crippen molar-refractivity contribution in [3.8, 4) is 0 Å². The van der Waals surface area contributed by atoms with Gasteiger partial charge < -0.3 is 0 Å². The monoisotopic (exact) mass is 474 g/mol. The van der Waals surface area contributed by atoms with E-state index in [1.807, 2.05) is 0 Å². The van der Waals surface area contributed by atoms with E-state index in [0.717, 1.165) is 0 Å². The molecule has 0 aliphatic carbocycles. The predicted octanol–water partition coefficient (Wildman–Crippen LogP) is 8.04. The fourth-order valence-corrected chi connectivity index (χ4v) is 8.28. The first-order valence-electron chi connectivity index (χ1n) is 11.9. The lowest BCUT2D eigenvalue weighted by Crippen LogP contribution is -2.29. The van der Waals surface area contributed by atoms with Crippen LogP contribution in [0.2, 0.25) is 0 Å². The molecule has 33 heavy (non-hydrogen) atoms. The second-order valence-electron chi connectivity index (χ2n) is 12.0. The highest BCUT2D eigenvalue weighted by atomic mass is 31.1. The van der Waals surface area contributed by atoms with Crippen LogP contribution in [0.4, 0.5) is 0 Å². The molecule has 3 aromatic rings. The average Bonchev–Trinajstić information content (AvgIpc) is 2.73. The van der Waals surface area contributed by atoms with Crippen LogP contribution in [0.1, 0.15) is 79.0 Å². The lowest BCUT2D eigenvalue weighted by atomic mass is 9.75. The molecule has 0 radical (unpaired) electrons. The summed E-state index contributed by atoms with van der Waals surface area (Å²) in [4.78, 5) is 0. The Labute approximate surface area is 205 Å². The molecule has 0 bridgehead atoms. The quantitative estimate of drug-likeness (QED) is 0.336. The molecule has 0 nitrogen and oxygen atoms in total. The average molecular weight is 475 g/mol. The number of hydrogen-bond donors (Lipinski definition) is 0. The highest BCUT2D eigenvalue weighted by Crippen LogP contribution is 2.38. The summed E-state index contributed by atoms with van der Waals surface area (Å²) in [6, 6.07) is 27.0. The summed E-state index contributed by atoms with van der Waals surface area (Å²) in [6.45, 7) is 21.1. The van der Waals surface area contributed by atoms with Crippen molar-refractivity contribution in [1.82, 2.24) is 0 Å². The largest absolute Gasteiger partial charge is 0.0667 e. The highest BCUT2D eigenvalue weighted by Gasteiger charge is 2.28. The fourth-order valence-electron chi connectivity index (χ4n) is 3.93. The van der Waals surface area contributed by atoms with E-state index in [0.29, 0.717) is 0 Å². The van der Waals surface area contributed by atoms with Crippen molar-refractivity contribution in [3.05, 3.63) is 89.5 Å². The summed E-state index contributed by atoms with van der Waals surface area (Å²) in [5.41, 5.74) is 7.25. The van der Waals surface area contributed by atoms with Gasteiger partial charge in [-0.2, -0.15) is 0 Å². The summed E-state index contributed by atoms with van der Waals surface area (Å²) < 4.78 is 0. The van der Waals surface area contributed by atoms with Crippen molar-refractivity contribution in [2.45, 2.75) is 78.6 Å². The van der Waals surface area contributed by atoms with Gasteiger partial charge in [-0.25, -0.2) is 0 Å². The Bertz CT molecular complexity index is 1020. The Morgan fingerprint density at radius 1 is 0.576 bits per heavy atom. The molecule has 0 spiro atoms. The van der Waals surface area contributed by atoms with Crippen LogP contribution in [0.25, 0.3) is 0 Å². The maximum absolute atomic E-state index is 2.57. The van der Waals surface area contributed by atoms with Crippen LogP contribution >= 0.6 is 16.1 Å². The summed E-state index contributed by atoms with van der Waals surface area (Å²) in [5.74, 6) is 0. The third-order valence-corrected chi connectivity index (χ3v) is 9.80. The van der Waals surface area contributed by atoms with Gasteiger partial charge in [0.2, 0.25) is 0 Å². The van der Waals surface area contributed by atoms with E-state index in [4.69, 9.17) is 0 Å². The Hall–Kier alpha value is -1.74. The molecule has 0 atom stereocenters. The van der Waals surface area contributed by atoms with E-state index in [2.05, 4.69) is 141 Å². The molecule has 2 heteroatoms. The van der Waals surface area contributed by atoms with Crippen molar-refractivity contribution in [2.75, 3.05) is 0 Å². The Morgan fingerprint density at radius 3 is 1.30 bits per heavy atom. The van der Waals surface area contributed by atoms with Crippen molar-refractivity contribution in [2.24, 2.45) is 0 Å². The molecule has 0 aliphatic rings. The van der Waals surface area contributed by atoms with E-state index in [9.17, 15) is 0 Å². The van der Waals surface area contributed by atoms with Gasteiger partial charge in [0, 0.05) is 5.30 Å². The minimum atomic E-state index is -0.539. The lowest BCUT2D eigenvalue weighted by Gasteiger charge is -2.32. The molecule has 0 unspecified atom stereocenters. The van der Waals surface area contributed by atoms with Crippen LogP contribution in [0, 0.1) is 0 Å². The van der Waals surface area contributed by atoms with Crippen molar-refractivity contribution in [3.63, 3.8) is 0 Å². The van der Waals surface area contributed by atoms with Crippen LogP contribution in [0.3, 0.4) is 0 Å². The van der Waals surface area contributed by atoms with Gasteiger partial charge in [-0.3, -0.25) is 0 Å². The Balaban J connectivity index is 2.25. The first-order chi connectivity index (χ1) is 15.3. The van der Waals surface area contributed by atoms with E-state index >= 15 is 0 Å². The van der Waals surface area contributed by atoms with Crippen LogP contribution in [0.15, 0.2) is 72.8 Å². The maximum Gasteiger partial charge on any atom is 0.00933 e. The van der Waals surface area contributed by atoms with Gasteiger partial charge >= 0.3 is 0 Å². The molecule has 3 aromatic carbocycles. The predicted molar refractivity (Wildman–Crippen MR) is 154 cm³/mol. The molecule has 0 heterocycles. The third kappa shape index (κ3) is 6.44. The van der Waals surface area contributed by atoms with E-state index < -0.39 is 7.92 Å². The lowest BCUT2D eigenvalue weighted by molar-refractivity contribution is 0.554. The summed E-state index contributed by atoms with van der Waals surface area (Å²) >= 11 is 0. The second kappa shape index (κ2) is 9.86. The van der Waals surface area contributed by atoms with Crippen molar-refractivity contribution >= 4 is 37.6 Å². The minimum Gasteiger partial charge on any atom is -0.0667 e. The molecular formula is C31H40P2. The zero-order valence-corrected chi connectivity index (χ0v) is 23.7. The van der Waals surface area contributed by atoms with Gasteiger partial charge in [0.05, 0.1) is 0 Å². The van der Waals surface area contributed by atoms with Gasteiger partial charge in [-0.1, -0.05) is 143 Å². The van der Waals surface area contributed by atoms with Crippen LogP contribution in [-0.2, 0) is 16.2 Å². The third-order valence-electron chi connectivity index (χ3n) is 5.96. The number of hydrogen-bond acceptors (Lipinski definition) is 0. The van der Waals surface area contributed by atoms with Gasteiger partial charge in [-0.15, -0.1) is 0 Å². The van der Waals surface area contributed by atoms with Gasteiger partial charge in [0.1, 0.15) is 0 Å². The normalized spacial score (nSPS) is 13.2. The first kappa shape index (κ1) is 25.9. The van der Waals surface area contributed by atoms with Crippen LogP contribution in [0.5, 0.6) is 0 Å². The topological polar surface area (TPSA) is 0 Å². The molecule has 3 rings (SSSR count). The SMILES string of the molecule is CC(C)(C)c1cc(C(C)(C)C)c(P=CP(c2ccccc2)c2ccccc2)c(C(C)(C)C)c1. The van der Waals surface area contributed by atoms with E-state index in [1.54, 1.807) is 0 Å². The maximum atomic E-state index is 2.57. The molecule has 0 saturated carbocycles. The molecule has 0 saturated heterocycles. The van der Waals surface area contributed by atoms with Crippen molar-refractivity contribution in [1.29, 1.82) is 0 Å². The zero-order valence-electron chi connectivity index (χ0n) is 21.9. The second-order valence-corrected chi connectivity index (χ2v) is 15.4. The summed E-state index contributed by atoms with van der Waals surface area (Å²) in [6.07, 6.45) is 0. The fraction of sp³-hybridized carbons (Fsp3) is 0.387. The molecule has 0 aliphatic heterocycles. The van der Waals surface area contributed by atoms with Gasteiger partial charge in [-0.05, 0) is 57.0 Å². The molecule has 0 amide bonds. The molecule has 0 fully saturated rings. The minimum absolute atomic E-state index is 0.0830. The van der Waals surface area contributed by atoms with E-state index in [-0.39, 0.29) is 16.2 Å². The Kier molecular flexibility index (Phi) is 7.73. The smallest absolute Gasteiger partial charge is 0.00933 e. The van der Waals surface area contributed by atoms with Crippen LogP contribution in [-0.4, -0.2) is 5.54 Å². The zero-order chi connectivity index (χ0) is 24.4. The van der Waals surface area contributed by atoms with Crippen LogP contribution < -0.4 is 15.9 Å². The van der Waals surface area contributed by atoms with Gasteiger partial charge in [0.25, 0.3) is 0 Å². The molecular weight excluding hydrogens is 434 g/mol. The summed E-state index contributed by atoms with van der Waals surface area (Å²) in [5, 5.41) is 4.31. The number of rotatable bonds is 4. The van der Waals surface area contributed by atoms with E-state index in [1.165, 1.54) is 40.8 Å². The van der Waals surface area contributed by atoms with Gasteiger partial charge in [0.15, 0.2) is 0 Å². The molecule has 174 valence electrons. The highest BCUT2D eigenvalue weighted by molar-refractivity contribution is 7.93. The Morgan fingerprint density at radius 2 is 0.970 bits per heavy atom. The first-order valence-corrected chi connectivity index (χ1v) is 14.3.